The lowest BCUT2D eigenvalue weighted by atomic mass is 10.1. The fourth-order valence-electron chi connectivity index (χ4n) is 3.14. The second-order valence-electron chi connectivity index (χ2n) is 6.41. The zero-order valence-corrected chi connectivity index (χ0v) is 15.6. The highest BCUT2D eigenvalue weighted by Crippen LogP contribution is 2.18. The first-order valence-corrected chi connectivity index (χ1v) is 9.20. The van der Waals surface area contributed by atoms with Crippen LogP contribution in [0.1, 0.15) is 16.7 Å². The summed E-state index contributed by atoms with van der Waals surface area (Å²) >= 11 is 3.52. The largest absolute Gasteiger partial charge is 0.340 e. The van der Waals surface area contributed by atoms with E-state index in [1.165, 1.54) is 11.1 Å². The van der Waals surface area contributed by atoms with Crippen molar-refractivity contribution in [2.24, 2.45) is 0 Å². The van der Waals surface area contributed by atoms with E-state index in [1.807, 2.05) is 29.2 Å². The Labute approximate surface area is 152 Å². The first-order valence-electron chi connectivity index (χ1n) is 8.41. The quantitative estimate of drug-likeness (QED) is 0.800. The molecule has 126 valence electrons. The van der Waals surface area contributed by atoms with Gasteiger partial charge in [-0.2, -0.15) is 0 Å². The predicted octanol–water partition coefficient (Wildman–Crippen LogP) is 3.64. The van der Waals surface area contributed by atoms with E-state index in [1.54, 1.807) is 0 Å². The van der Waals surface area contributed by atoms with Crippen molar-refractivity contribution in [3.8, 4) is 0 Å². The summed E-state index contributed by atoms with van der Waals surface area (Å²) < 4.78 is 1.01. The zero-order valence-electron chi connectivity index (χ0n) is 14.0. The maximum atomic E-state index is 12.5. The van der Waals surface area contributed by atoms with Gasteiger partial charge in [-0.05, 0) is 24.1 Å². The number of amides is 1. The molecule has 1 aliphatic heterocycles. The van der Waals surface area contributed by atoms with Crippen molar-refractivity contribution < 1.29 is 4.79 Å². The lowest BCUT2D eigenvalue weighted by Crippen LogP contribution is -2.48. The molecule has 1 amide bonds. The van der Waals surface area contributed by atoms with Crippen molar-refractivity contribution in [1.82, 2.24) is 9.80 Å². The molecular formula is C20H23BrN2O. The number of carbonyl (C=O) groups excluding carboxylic acids is 1. The van der Waals surface area contributed by atoms with Crippen molar-refractivity contribution in [3.63, 3.8) is 0 Å². The van der Waals surface area contributed by atoms with Crippen LogP contribution in [0.5, 0.6) is 0 Å². The molecule has 24 heavy (non-hydrogen) atoms. The third-order valence-corrected chi connectivity index (χ3v) is 5.29. The van der Waals surface area contributed by atoms with Crippen LogP contribution in [0.4, 0.5) is 0 Å². The molecule has 4 heteroatoms. The molecule has 0 spiro atoms. The Morgan fingerprint density at radius 1 is 1.04 bits per heavy atom. The molecule has 1 aliphatic rings. The average molecular weight is 387 g/mol. The van der Waals surface area contributed by atoms with Crippen LogP contribution < -0.4 is 0 Å². The second kappa shape index (κ2) is 7.95. The Bertz CT molecular complexity index is 708. The molecule has 0 N–H and O–H groups in total. The van der Waals surface area contributed by atoms with Gasteiger partial charge in [-0.3, -0.25) is 9.69 Å². The van der Waals surface area contributed by atoms with Gasteiger partial charge in [-0.1, -0.05) is 64.0 Å². The molecule has 2 aromatic carbocycles. The summed E-state index contributed by atoms with van der Waals surface area (Å²) in [5.74, 6) is 0.220. The van der Waals surface area contributed by atoms with E-state index in [0.29, 0.717) is 6.42 Å². The summed E-state index contributed by atoms with van der Waals surface area (Å²) in [5, 5.41) is 0. The minimum absolute atomic E-state index is 0.220. The fraction of sp³-hybridized carbons (Fsp3) is 0.350. The molecule has 0 aromatic heterocycles. The molecule has 3 nitrogen and oxygen atoms in total. The predicted molar refractivity (Wildman–Crippen MR) is 101 cm³/mol. The normalized spacial score (nSPS) is 15.5. The third kappa shape index (κ3) is 4.46. The molecule has 1 fully saturated rings. The van der Waals surface area contributed by atoms with E-state index < -0.39 is 0 Å². The van der Waals surface area contributed by atoms with Crippen LogP contribution in [-0.4, -0.2) is 41.9 Å². The van der Waals surface area contributed by atoms with Crippen LogP contribution in [0.3, 0.4) is 0 Å². The van der Waals surface area contributed by atoms with Crippen molar-refractivity contribution in [2.75, 3.05) is 26.2 Å². The van der Waals surface area contributed by atoms with Crippen LogP contribution in [0.15, 0.2) is 53.0 Å². The average Bonchev–Trinajstić information content (AvgIpc) is 2.57. The fourth-order valence-corrected chi connectivity index (χ4v) is 3.57. The summed E-state index contributed by atoms with van der Waals surface area (Å²) in [7, 11) is 0. The van der Waals surface area contributed by atoms with Crippen molar-refractivity contribution >= 4 is 21.8 Å². The van der Waals surface area contributed by atoms with Gasteiger partial charge in [0, 0.05) is 37.2 Å². The third-order valence-electron chi connectivity index (χ3n) is 4.51. The Morgan fingerprint density at radius 2 is 1.79 bits per heavy atom. The number of hydrogen-bond acceptors (Lipinski definition) is 2. The number of nitrogens with zero attached hydrogens (tertiary/aromatic N) is 2. The minimum atomic E-state index is 0.220. The Balaban J connectivity index is 1.51. The highest BCUT2D eigenvalue weighted by Gasteiger charge is 2.21. The van der Waals surface area contributed by atoms with Gasteiger partial charge in [0.05, 0.1) is 6.42 Å². The van der Waals surface area contributed by atoms with E-state index in [9.17, 15) is 4.79 Å². The summed E-state index contributed by atoms with van der Waals surface area (Å²) in [4.78, 5) is 16.9. The van der Waals surface area contributed by atoms with Gasteiger partial charge in [0.15, 0.2) is 0 Å². The van der Waals surface area contributed by atoms with Crippen LogP contribution >= 0.6 is 15.9 Å². The molecule has 0 radical (unpaired) electrons. The SMILES string of the molecule is Cc1cccc(CN2CCN(C(=O)Cc3ccccc3Br)CC2)c1. The van der Waals surface area contributed by atoms with Gasteiger partial charge < -0.3 is 4.90 Å². The molecule has 0 saturated carbocycles. The first kappa shape index (κ1) is 17.2. The maximum absolute atomic E-state index is 12.5. The van der Waals surface area contributed by atoms with E-state index in [-0.39, 0.29) is 5.91 Å². The number of rotatable bonds is 4. The van der Waals surface area contributed by atoms with Crippen LogP contribution in [-0.2, 0) is 17.8 Å². The Hall–Kier alpha value is -1.65. The standard InChI is InChI=1S/C20H23BrN2O/c1-16-5-4-6-17(13-16)15-22-9-11-23(12-10-22)20(24)14-18-7-2-3-8-19(18)21/h2-8,13H,9-12,14-15H2,1H3. The smallest absolute Gasteiger partial charge is 0.227 e. The lowest BCUT2D eigenvalue weighted by molar-refractivity contribution is -0.132. The molecular weight excluding hydrogens is 364 g/mol. The number of aryl methyl sites for hydroxylation is 1. The topological polar surface area (TPSA) is 23.6 Å². The molecule has 0 atom stereocenters. The summed E-state index contributed by atoms with van der Waals surface area (Å²) in [6, 6.07) is 16.6. The first-order chi connectivity index (χ1) is 11.6. The maximum Gasteiger partial charge on any atom is 0.227 e. The van der Waals surface area contributed by atoms with Crippen molar-refractivity contribution in [3.05, 3.63) is 69.7 Å². The van der Waals surface area contributed by atoms with E-state index in [0.717, 1.165) is 42.8 Å². The minimum Gasteiger partial charge on any atom is -0.340 e. The van der Waals surface area contributed by atoms with Crippen molar-refractivity contribution in [1.29, 1.82) is 0 Å². The number of carbonyl (C=O) groups is 1. The monoisotopic (exact) mass is 386 g/mol. The highest BCUT2D eigenvalue weighted by atomic mass is 79.9. The zero-order chi connectivity index (χ0) is 16.9. The van der Waals surface area contributed by atoms with E-state index in [4.69, 9.17) is 0 Å². The van der Waals surface area contributed by atoms with Gasteiger partial charge >= 0.3 is 0 Å². The van der Waals surface area contributed by atoms with Crippen LogP contribution in [0.25, 0.3) is 0 Å². The molecule has 0 unspecified atom stereocenters. The Morgan fingerprint density at radius 3 is 2.50 bits per heavy atom. The molecule has 0 aliphatic carbocycles. The summed E-state index contributed by atoms with van der Waals surface area (Å²) in [6.45, 7) is 6.60. The summed E-state index contributed by atoms with van der Waals surface area (Å²) in [6.07, 6.45) is 0.472. The van der Waals surface area contributed by atoms with E-state index in [2.05, 4.69) is 52.0 Å². The van der Waals surface area contributed by atoms with Gasteiger partial charge in [0.1, 0.15) is 0 Å². The van der Waals surface area contributed by atoms with Crippen LogP contribution in [0.2, 0.25) is 0 Å². The van der Waals surface area contributed by atoms with Crippen LogP contribution in [0, 0.1) is 6.92 Å². The van der Waals surface area contributed by atoms with Gasteiger partial charge in [-0.15, -0.1) is 0 Å². The number of benzene rings is 2. The molecule has 3 rings (SSSR count). The number of halogens is 1. The molecule has 1 saturated heterocycles. The second-order valence-corrected chi connectivity index (χ2v) is 7.27. The number of piperazine rings is 1. The lowest BCUT2D eigenvalue weighted by Gasteiger charge is -2.35. The number of hydrogen-bond donors (Lipinski definition) is 0. The van der Waals surface area contributed by atoms with Gasteiger partial charge in [0.25, 0.3) is 0 Å². The summed E-state index contributed by atoms with van der Waals surface area (Å²) in [5.41, 5.74) is 3.71. The van der Waals surface area contributed by atoms with Gasteiger partial charge in [-0.25, -0.2) is 0 Å². The molecule has 0 bridgehead atoms. The Kier molecular flexibility index (Phi) is 5.69. The highest BCUT2D eigenvalue weighted by molar-refractivity contribution is 9.10. The molecule has 2 aromatic rings. The van der Waals surface area contributed by atoms with Crippen molar-refractivity contribution in [2.45, 2.75) is 19.9 Å². The van der Waals surface area contributed by atoms with E-state index >= 15 is 0 Å². The van der Waals surface area contributed by atoms with Gasteiger partial charge in [0.2, 0.25) is 5.91 Å². The molecule has 1 heterocycles.